The Bertz CT molecular complexity index is 418. The van der Waals surface area contributed by atoms with E-state index in [1.165, 1.54) is 0 Å². The Balaban J connectivity index is 2.45. The topological polar surface area (TPSA) is 122 Å². The minimum atomic E-state index is -3.05. The SMILES string of the molecule is CC(CC(N)=NO)NC(=O)C1CCS(=O)(=O)C1. The first-order valence-corrected chi connectivity index (χ1v) is 7.13. The number of carbonyl (C=O) groups is 1. The molecule has 1 aliphatic heterocycles. The molecule has 0 saturated carbocycles. The average Bonchev–Trinajstić information content (AvgIpc) is 2.58. The van der Waals surface area contributed by atoms with Crippen LogP contribution in [-0.2, 0) is 14.6 Å². The summed E-state index contributed by atoms with van der Waals surface area (Å²) < 4.78 is 22.4. The van der Waals surface area contributed by atoms with Crippen LogP contribution in [0.3, 0.4) is 0 Å². The van der Waals surface area contributed by atoms with Crippen LogP contribution in [0.15, 0.2) is 5.16 Å². The van der Waals surface area contributed by atoms with Gasteiger partial charge in [-0.25, -0.2) is 8.42 Å². The van der Waals surface area contributed by atoms with Crippen molar-refractivity contribution in [3.05, 3.63) is 0 Å². The van der Waals surface area contributed by atoms with Crippen molar-refractivity contribution in [1.29, 1.82) is 0 Å². The second-order valence-corrected chi connectivity index (χ2v) is 6.53. The van der Waals surface area contributed by atoms with Gasteiger partial charge in [-0.15, -0.1) is 0 Å². The summed E-state index contributed by atoms with van der Waals surface area (Å²) in [7, 11) is -3.05. The van der Waals surface area contributed by atoms with E-state index in [9.17, 15) is 13.2 Å². The predicted octanol–water partition coefficient (Wildman–Crippen LogP) is -0.938. The molecule has 2 unspecified atom stereocenters. The first-order chi connectivity index (χ1) is 7.84. The summed E-state index contributed by atoms with van der Waals surface area (Å²) in [5.41, 5.74) is 5.30. The van der Waals surface area contributed by atoms with Gasteiger partial charge in [0.1, 0.15) is 5.84 Å². The smallest absolute Gasteiger partial charge is 0.224 e. The van der Waals surface area contributed by atoms with E-state index in [4.69, 9.17) is 10.9 Å². The third kappa shape index (κ3) is 4.22. The van der Waals surface area contributed by atoms with Crippen LogP contribution in [0.5, 0.6) is 0 Å². The number of hydrogen-bond donors (Lipinski definition) is 3. The molecule has 8 heteroatoms. The Kier molecular flexibility index (Phi) is 4.33. The molecule has 17 heavy (non-hydrogen) atoms. The number of amidine groups is 1. The standard InChI is InChI=1S/C9H17N3O4S/c1-6(4-8(10)12-14)11-9(13)7-2-3-17(15,16)5-7/h6-7,14H,2-5H2,1H3,(H2,10,12)(H,11,13). The molecule has 0 spiro atoms. The minimum Gasteiger partial charge on any atom is -0.409 e. The molecule has 0 radical (unpaired) electrons. The van der Waals surface area contributed by atoms with Gasteiger partial charge in [-0.05, 0) is 13.3 Å². The first kappa shape index (κ1) is 13.8. The zero-order valence-electron chi connectivity index (χ0n) is 9.59. The molecule has 0 aromatic heterocycles. The van der Waals surface area contributed by atoms with Crippen molar-refractivity contribution in [3.63, 3.8) is 0 Å². The van der Waals surface area contributed by atoms with Gasteiger partial charge in [0.2, 0.25) is 5.91 Å². The van der Waals surface area contributed by atoms with E-state index >= 15 is 0 Å². The van der Waals surface area contributed by atoms with Crippen LogP contribution in [0.4, 0.5) is 0 Å². The monoisotopic (exact) mass is 263 g/mol. The van der Waals surface area contributed by atoms with E-state index in [-0.39, 0.29) is 35.7 Å². The van der Waals surface area contributed by atoms with Crippen LogP contribution in [0.1, 0.15) is 19.8 Å². The summed E-state index contributed by atoms with van der Waals surface area (Å²) in [6.45, 7) is 1.71. The highest BCUT2D eigenvalue weighted by atomic mass is 32.2. The molecule has 0 bridgehead atoms. The fourth-order valence-corrected chi connectivity index (χ4v) is 3.51. The number of nitrogens with zero attached hydrogens (tertiary/aromatic N) is 1. The lowest BCUT2D eigenvalue weighted by Crippen LogP contribution is -2.39. The van der Waals surface area contributed by atoms with Crippen LogP contribution in [0.25, 0.3) is 0 Å². The van der Waals surface area contributed by atoms with Gasteiger partial charge in [0.05, 0.1) is 17.4 Å². The fraction of sp³-hybridized carbons (Fsp3) is 0.778. The molecule has 0 aromatic rings. The number of sulfone groups is 1. The molecule has 1 saturated heterocycles. The van der Waals surface area contributed by atoms with Crippen molar-refractivity contribution in [3.8, 4) is 0 Å². The summed E-state index contributed by atoms with van der Waals surface area (Å²) in [5, 5.41) is 13.8. The molecule has 1 rings (SSSR count). The molecule has 0 aliphatic carbocycles. The number of hydrogen-bond acceptors (Lipinski definition) is 5. The fourth-order valence-electron chi connectivity index (χ4n) is 1.77. The van der Waals surface area contributed by atoms with Crippen molar-refractivity contribution >= 4 is 21.6 Å². The first-order valence-electron chi connectivity index (χ1n) is 5.31. The lowest BCUT2D eigenvalue weighted by Gasteiger charge is -2.15. The number of rotatable bonds is 4. The zero-order valence-corrected chi connectivity index (χ0v) is 10.4. The number of oxime groups is 1. The Morgan fingerprint density at radius 2 is 2.29 bits per heavy atom. The normalized spacial score (nSPS) is 25.5. The molecule has 4 N–H and O–H groups in total. The van der Waals surface area contributed by atoms with E-state index in [1.807, 2.05) is 0 Å². The van der Waals surface area contributed by atoms with E-state index < -0.39 is 15.8 Å². The van der Waals surface area contributed by atoms with Gasteiger partial charge in [0, 0.05) is 12.5 Å². The molecule has 7 nitrogen and oxygen atoms in total. The van der Waals surface area contributed by atoms with E-state index in [2.05, 4.69) is 10.5 Å². The van der Waals surface area contributed by atoms with E-state index in [1.54, 1.807) is 6.92 Å². The van der Waals surface area contributed by atoms with E-state index in [0.29, 0.717) is 6.42 Å². The summed E-state index contributed by atoms with van der Waals surface area (Å²) >= 11 is 0. The number of nitrogens with one attached hydrogen (secondary N) is 1. The molecule has 2 atom stereocenters. The molecule has 98 valence electrons. The Morgan fingerprint density at radius 1 is 1.65 bits per heavy atom. The van der Waals surface area contributed by atoms with Gasteiger partial charge in [-0.2, -0.15) is 0 Å². The van der Waals surface area contributed by atoms with Gasteiger partial charge in [-0.1, -0.05) is 5.16 Å². The highest BCUT2D eigenvalue weighted by molar-refractivity contribution is 7.91. The lowest BCUT2D eigenvalue weighted by molar-refractivity contribution is -0.124. The largest absolute Gasteiger partial charge is 0.409 e. The maximum atomic E-state index is 11.7. The molecule has 1 heterocycles. The van der Waals surface area contributed by atoms with Crippen LogP contribution >= 0.6 is 0 Å². The van der Waals surface area contributed by atoms with Gasteiger partial charge >= 0.3 is 0 Å². The van der Waals surface area contributed by atoms with Gasteiger partial charge in [0.25, 0.3) is 0 Å². The lowest BCUT2D eigenvalue weighted by atomic mass is 10.1. The van der Waals surface area contributed by atoms with Crippen molar-refractivity contribution < 1.29 is 18.4 Å². The number of nitrogens with two attached hydrogens (primary N) is 1. The predicted molar refractivity (Wildman–Crippen MR) is 62.4 cm³/mol. The molecule has 1 aliphatic rings. The average molecular weight is 263 g/mol. The highest BCUT2D eigenvalue weighted by Gasteiger charge is 2.33. The number of amides is 1. The quantitative estimate of drug-likeness (QED) is 0.261. The Hall–Kier alpha value is -1.31. The molecule has 0 aromatic carbocycles. The van der Waals surface area contributed by atoms with Crippen LogP contribution < -0.4 is 11.1 Å². The van der Waals surface area contributed by atoms with Crippen molar-refractivity contribution in [2.75, 3.05) is 11.5 Å². The highest BCUT2D eigenvalue weighted by Crippen LogP contribution is 2.18. The van der Waals surface area contributed by atoms with Gasteiger partial charge in [0.15, 0.2) is 9.84 Å². The van der Waals surface area contributed by atoms with Crippen molar-refractivity contribution in [2.45, 2.75) is 25.8 Å². The Labute approximate surface area is 100.0 Å². The molecular formula is C9H17N3O4S. The summed E-state index contributed by atoms with van der Waals surface area (Å²) in [6.07, 6.45) is 0.589. The van der Waals surface area contributed by atoms with Gasteiger partial charge in [-0.3, -0.25) is 4.79 Å². The third-order valence-corrected chi connectivity index (χ3v) is 4.40. The Morgan fingerprint density at radius 3 is 2.76 bits per heavy atom. The minimum absolute atomic E-state index is 0.0249. The zero-order chi connectivity index (χ0) is 13.1. The maximum absolute atomic E-state index is 11.7. The summed E-state index contributed by atoms with van der Waals surface area (Å²) in [6, 6.07) is -0.290. The van der Waals surface area contributed by atoms with Crippen LogP contribution in [0, 0.1) is 5.92 Å². The van der Waals surface area contributed by atoms with Crippen LogP contribution in [0.2, 0.25) is 0 Å². The van der Waals surface area contributed by atoms with E-state index in [0.717, 1.165) is 0 Å². The number of carbonyl (C=O) groups excluding carboxylic acids is 1. The molecule has 1 fully saturated rings. The second-order valence-electron chi connectivity index (χ2n) is 4.31. The second kappa shape index (κ2) is 5.35. The van der Waals surface area contributed by atoms with Crippen LogP contribution in [-0.4, -0.2) is 42.9 Å². The van der Waals surface area contributed by atoms with Crippen molar-refractivity contribution in [2.24, 2.45) is 16.8 Å². The van der Waals surface area contributed by atoms with Gasteiger partial charge < -0.3 is 16.3 Å². The molecule has 1 amide bonds. The summed E-state index contributed by atoms with van der Waals surface area (Å²) in [5.74, 6) is -0.759. The molecular weight excluding hydrogens is 246 g/mol. The third-order valence-electron chi connectivity index (χ3n) is 2.64. The maximum Gasteiger partial charge on any atom is 0.224 e. The van der Waals surface area contributed by atoms with Crippen molar-refractivity contribution in [1.82, 2.24) is 5.32 Å². The summed E-state index contributed by atoms with van der Waals surface area (Å²) in [4.78, 5) is 11.7.